The fourth-order valence-electron chi connectivity index (χ4n) is 3.33. The zero-order chi connectivity index (χ0) is 23.0. The number of furan rings is 1. The van der Waals surface area contributed by atoms with Crippen LogP contribution in [0.5, 0.6) is 0 Å². The van der Waals surface area contributed by atoms with Gasteiger partial charge >= 0.3 is 0 Å². The minimum atomic E-state index is -1.09. The molecule has 10 heteroatoms. The quantitative estimate of drug-likeness (QED) is 0.484. The summed E-state index contributed by atoms with van der Waals surface area (Å²) in [5.74, 6) is -1.97. The minimum Gasteiger partial charge on any atom is -0.466 e. The molecule has 0 aliphatic rings. The Morgan fingerprint density at radius 1 is 1.06 bits per heavy atom. The van der Waals surface area contributed by atoms with Crippen molar-refractivity contribution in [2.24, 2.45) is 0 Å². The highest BCUT2D eigenvalue weighted by atomic mass is 19.2. The fourth-order valence-corrected chi connectivity index (χ4v) is 3.33. The predicted molar refractivity (Wildman–Crippen MR) is 111 cm³/mol. The van der Waals surface area contributed by atoms with Crippen LogP contribution in [0.25, 0.3) is 22.4 Å². The van der Waals surface area contributed by atoms with Crippen LogP contribution in [-0.4, -0.2) is 28.5 Å². The van der Waals surface area contributed by atoms with Crippen LogP contribution in [0.1, 0.15) is 27.6 Å². The Morgan fingerprint density at radius 3 is 2.53 bits per heavy atom. The first kappa shape index (κ1) is 21.2. The van der Waals surface area contributed by atoms with E-state index in [-0.39, 0.29) is 17.0 Å². The van der Waals surface area contributed by atoms with Gasteiger partial charge in [-0.2, -0.15) is 0 Å². The van der Waals surface area contributed by atoms with Crippen molar-refractivity contribution < 1.29 is 27.3 Å². The Kier molecular flexibility index (Phi) is 5.43. The van der Waals surface area contributed by atoms with Gasteiger partial charge in [0.15, 0.2) is 11.6 Å². The van der Waals surface area contributed by atoms with Crippen molar-refractivity contribution >= 4 is 28.6 Å². The molecule has 164 valence electrons. The lowest BCUT2D eigenvalue weighted by Gasteiger charge is -2.09. The molecule has 4 rings (SSSR count). The van der Waals surface area contributed by atoms with E-state index in [2.05, 4.69) is 20.8 Å². The lowest BCUT2D eigenvalue weighted by molar-refractivity contribution is -0.115. The number of nitrogens with one attached hydrogen (secondary N) is 2. The number of carbonyl (C=O) groups excluding carboxylic acids is 2. The van der Waals surface area contributed by atoms with Gasteiger partial charge in [0.25, 0.3) is 11.6 Å². The first-order valence-corrected chi connectivity index (χ1v) is 9.60. The Labute approximate surface area is 180 Å². The molecule has 0 spiro atoms. The van der Waals surface area contributed by atoms with Crippen molar-refractivity contribution in [2.75, 3.05) is 11.9 Å². The molecule has 8 nitrogen and oxygen atoms in total. The van der Waals surface area contributed by atoms with Gasteiger partial charge in [-0.1, -0.05) is 5.16 Å². The number of halogens is 2. The number of amides is 2. The third kappa shape index (κ3) is 4.07. The summed E-state index contributed by atoms with van der Waals surface area (Å²) in [4.78, 5) is 29.5. The number of pyridine rings is 1. The van der Waals surface area contributed by atoms with E-state index in [0.717, 1.165) is 12.1 Å². The lowest BCUT2D eigenvalue weighted by Crippen LogP contribution is -2.33. The Morgan fingerprint density at radius 2 is 1.84 bits per heavy atom. The van der Waals surface area contributed by atoms with Crippen molar-refractivity contribution in [3.05, 3.63) is 64.7 Å². The largest absolute Gasteiger partial charge is 0.466 e. The molecule has 4 aromatic rings. The van der Waals surface area contributed by atoms with Gasteiger partial charge in [-0.15, -0.1) is 0 Å². The first-order valence-electron chi connectivity index (χ1n) is 9.60. The second-order valence-electron chi connectivity index (χ2n) is 7.19. The number of rotatable bonds is 5. The van der Waals surface area contributed by atoms with Crippen molar-refractivity contribution in [2.45, 2.75) is 20.8 Å². The topological polar surface area (TPSA) is 110 Å². The summed E-state index contributed by atoms with van der Waals surface area (Å²) in [5.41, 5.74) is 2.09. The van der Waals surface area contributed by atoms with Gasteiger partial charge in [0, 0.05) is 17.3 Å². The molecule has 0 radical (unpaired) electrons. The maximum atomic E-state index is 13.3. The van der Waals surface area contributed by atoms with Crippen LogP contribution < -0.4 is 10.6 Å². The maximum absolute atomic E-state index is 13.3. The van der Waals surface area contributed by atoms with E-state index in [0.29, 0.717) is 33.9 Å². The third-order valence-corrected chi connectivity index (χ3v) is 4.79. The monoisotopic (exact) mass is 440 g/mol. The molecule has 3 aromatic heterocycles. The molecule has 2 amide bonds. The van der Waals surface area contributed by atoms with E-state index in [1.807, 2.05) is 0 Å². The van der Waals surface area contributed by atoms with Crippen molar-refractivity contribution in [1.82, 2.24) is 15.5 Å². The van der Waals surface area contributed by atoms with Gasteiger partial charge in [0.1, 0.15) is 11.5 Å². The smallest absolute Gasteiger partial charge is 0.259 e. The molecule has 0 aliphatic heterocycles. The second-order valence-corrected chi connectivity index (χ2v) is 7.19. The van der Waals surface area contributed by atoms with E-state index in [9.17, 15) is 18.4 Å². The van der Waals surface area contributed by atoms with E-state index in [1.165, 1.54) is 6.07 Å². The zero-order valence-electron chi connectivity index (χ0n) is 17.4. The molecule has 2 N–H and O–H groups in total. The Balaban J connectivity index is 1.57. The number of carbonyl (C=O) groups is 2. The summed E-state index contributed by atoms with van der Waals surface area (Å²) >= 11 is 0. The average molecular weight is 440 g/mol. The molecular weight excluding hydrogens is 422 g/mol. The molecule has 0 unspecified atom stereocenters. The van der Waals surface area contributed by atoms with Crippen molar-refractivity contribution in [1.29, 1.82) is 0 Å². The number of fused-ring (bicyclic) bond motifs is 1. The molecule has 0 saturated heterocycles. The van der Waals surface area contributed by atoms with Crippen molar-refractivity contribution in [3.8, 4) is 11.3 Å². The third-order valence-electron chi connectivity index (χ3n) is 4.79. The van der Waals surface area contributed by atoms with E-state index in [4.69, 9.17) is 8.94 Å². The van der Waals surface area contributed by atoms with Gasteiger partial charge in [-0.3, -0.25) is 9.59 Å². The van der Waals surface area contributed by atoms with Crippen LogP contribution in [-0.2, 0) is 4.79 Å². The fraction of sp³-hybridized carbons (Fsp3) is 0.182. The van der Waals surface area contributed by atoms with Crippen LogP contribution in [0, 0.1) is 32.4 Å². The van der Waals surface area contributed by atoms with Crippen LogP contribution in [0.15, 0.2) is 39.3 Å². The van der Waals surface area contributed by atoms with Gasteiger partial charge in [-0.05, 0) is 45.0 Å². The van der Waals surface area contributed by atoms with Crippen LogP contribution in [0.2, 0.25) is 0 Å². The lowest BCUT2D eigenvalue weighted by atomic mass is 10.1. The number of anilines is 1. The molecule has 1 aromatic carbocycles. The molecule has 0 bridgehead atoms. The molecule has 0 fully saturated rings. The summed E-state index contributed by atoms with van der Waals surface area (Å²) in [6.07, 6.45) is 0. The summed E-state index contributed by atoms with van der Waals surface area (Å²) < 4.78 is 37.1. The zero-order valence-corrected chi connectivity index (χ0v) is 17.4. The average Bonchev–Trinajstić information content (AvgIpc) is 3.29. The molecule has 0 aliphatic carbocycles. The second kappa shape index (κ2) is 8.22. The summed E-state index contributed by atoms with van der Waals surface area (Å²) in [7, 11) is 0. The predicted octanol–water partition coefficient (Wildman–Crippen LogP) is 4.05. The number of aromatic nitrogens is 2. The normalized spacial score (nSPS) is 11.0. The van der Waals surface area contributed by atoms with Gasteiger partial charge in [0.05, 0.1) is 28.9 Å². The number of aryl methyl sites for hydroxylation is 3. The highest BCUT2D eigenvalue weighted by Gasteiger charge is 2.21. The number of nitrogens with zero attached hydrogens (tertiary/aromatic N) is 2. The van der Waals surface area contributed by atoms with Crippen LogP contribution >= 0.6 is 0 Å². The molecule has 0 atom stereocenters. The standard InChI is InChI=1S/C22H18F2N4O4/c1-10-6-14(12(3)31-10)18-8-15(20-11(2)28-32-22(20)27-18)21(30)25-9-19(29)26-13-4-5-16(23)17(24)7-13/h4-8H,9H2,1-3H3,(H,25,30)(H,26,29). The molecule has 3 heterocycles. The van der Waals surface area contributed by atoms with E-state index < -0.39 is 30.0 Å². The maximum Gasteiger partial charge on any atom is 0.259 e. The van der Waals surface area contributed by atoms with Crippen molar-refractivity contribution in [3.63, 3.8) is 0 Å². The summed E-state index contributed by atoms with van der Waals surface area (Å²) in [6, 6.07) is 6.33. The number of hydrogen-bond donors (Lipinski definition) is 2. The SMILES string of the molecule is Cc1cc(-c2cc(C(=O)NCC(=O)Nc3ccc(F)c(F)c3)c3c(C)noc3n2)c(C)o1. The molecule has 0 saturated carbocycles. The van der Waals surface area contributed by atoms with Gasteiger partial charge in [0.2, 0.25) is 5.91 Å². The Bertz CT molecular complexity index is 1360. The molecular formula is C22H18F2N4O4. The number of hydrogen-bond acceptors (Lipinski definition) is 6. The van der Waals surface area contributed by atoms with Gasteiger partial charge in [-0.25, -0.2) is 13.8 Å². The summed E-state index contributed by atoms with van der Waals surface area (Å²) in [6.45, 7) is 4.85. The highest BCUT2D eigenvalue weighted by Crippen LogP contribution is 2.30. The number of benzene rings is 1. The van der Waals surface area contributed by atoms with Crippen LogP contribution in [0.3, 0.4) is 0 Å². The molecule has 32 heavy (non-hydrogen) atoms. The van der Waals surface area contributed by atoms with E-state index in [1.54, 1.807) is 32.9 Å². The highest BCUT2D eigenvalue weighted by molar-refractivity contribution is 6.08. The van der Waals surface area contributed by atoms with E-state index >= 15 is 0 Å². The minimum absolute atomic E-state index is 0.0671. The first-order chi connectivity index (χ1) is 15.2. The Hall–Kier alpha value is -4.08. The van der Waals surface area contributed by atoms with Crippen LogP contribution in [0.4, 0.5) is 14.5 Å². The van der Waals surface area contributed by atoms with Gasteiger partial charge < -0.3 is 19.6 Å². The summed E-state index contributed by atoms with van der Waals surface area (Å²) in [5, 5.41) is 9.21.